The second-order valence-electron chi connectivity index (χ2n) is 7.07. The summed E-state index contributed by atoms with van der Waals surface area (Å²) in [7, 11) is 4.13. The molecular weight excluding hydrogens is 304 g/mol. The zero-order valence-electron chi connectivity index (χ0n) is 15.1. The van der Waals surface area contributed by atoms with Gasteiger partial charge in [0.15, 0.2) is 5.76 Å². The van der Waals surface area contributed by atoms with E-state index in [2.05, 4.69) is 31.0 Å². The number of nitrogens with zero attached hydrogens (tertiary/aromatic N) is 4. The van der Waals surface area contributed by atoms with Crippen molar-refractivity contribution in [1.82, 2.24) is 19.6 Å². The molecule has 1 saturated heterocycles. The Bertz CT molecular complexity index is 731. The van der Waals surface area contributed by atoms with Crippen LogP contribution in [-0.4, -0.2) is 58.7 Å². The molecule has 0 N–H and O–H groups in total. The van der Waals surface area contributed by atoms with Crippen LogP contribution in [0, 0.1) is 19.8 Å². The molecule has 6 nitrogen and oxygen atoms in total. The predicted octanol–water partition coefficient (Wildman–Crippen LogP) is 2.16. The average Bonchev–Trinajstić information content (AvgIpc) is 3.19. The maximum atomic E-state index is 12.7. The quantitative estimate of drug-likeness (QED) is 0.862. The molecular formula is C18H26N4O2. The molecule has 0 aliphatic carbocycles. The minimum atomic E-state index is -0.0224. The highest BCUT2D eigenvalue weighted by Gasteiger charge is 2.34. The molecule has 6 heteroatoms. The van der Waals surface area contributed by atoms with E-state index in [1.165, 1.54) is 0 Å². The summed E-state index contributed by atoms with van der Waals surface area (Å²) in [6, 6.07) is 6.07. The van der Waals surface area contributed by atoms with E-state index in [1.807, 2.05) is 35.6 Å². The van der Waals surface area contributed by atoms with Crippen LogP contribution in [0.5, 0.6) is 0 Å². The fraction of sp³-hybridized carbons (Fsp3) is 0.556. The van der Waals surface area contributed by atoms with Crippen LogP contribution in [0.3, 0.4) is 0 Å². The summed E-state index contributed by atoms with van der Waals surface area (Å²) >= 11 is 0. The van der Waals surface area contributed by atoms with Crippen LogP contribution in [0.25, 0.3) is 0 Å². The molecule has 2 aromatic heterocycles. The van der Waals surface area contributed by atoms with Crippen LogP contribution in [0.1, 0.15) is 34.6 Å². The summed E-state index contributed by atoms with van der Waals surface area (Å²) in [5.74, 6) is 1.61. The molecule has 2 atom stereocenters. The van der Waals surface area contributed by atoms with E-state index in [0.717, 1.165) is 30.2 Å². The third-order valence-corrected chi connectivity index (χ3v) is 4.80. The molecule has 3 rings (SSSR count). The fourth-order valence-corrected chi connectivity index (χ4v) is 3.50. The molecule has 3 heterocycles. The molecule has 1 aliphatic heterocycles. The number of likely N-dealkylation sites (N-methyl/N-ethyl adjacent to an activating group) is 1. The lowest BCUT2D eigenvalue weighted by Gasteiger charge is -2.22. The lowest BCUT2D eigenvalue weighted by molar-refractivity contribution is 0.0747. The van der Waals surface area contributed by atoms with Gasteiger partial charge < -0.3 is 14.2 Å². The molecule has 0 aromatic carbocycles. The number of aryl methyl sites for hydroxylation is 2. The lowest BCUT2D eigenvalue weighted by Crippen LogP contribution is -2.35. The van der Waals surface area contributed by atoms with Gasteiger partial charge in [0, 0.05) is 24.8 Å². The summed E-state index contributed by atoms with van der Waals surface area (Å²) in [4.78, 5) is 16.8. The third kappa shape index (κ3) is 3.24. The zero-order valence-corrected chi connectivity index (χ0v) is 15.1. The topological polar surface area (TPSA) is 54.5 Å². The summed E-state index contributed by atoms with van der Waals surface area (Å²) in [5, 5.41) is 4.43. The maximum Gasteiger partial charge on any atom is 0.289 e. The van der Waals surface area contributed by atoms with Crippen molar-refractivity contribution in [1.29, 1.82) is 0 Å². The van der Waals surface area contributed by atoms with Crippen molar-refractivity contribution in [3.63, 3.8) is 0 Å². The molecule has 0 spiro atoms. The van der Waals surface area contributed by atoms with Gasteiger partial charge in [-0.3, -0.25) is 9.48 Å². The smallest absolute Gasteiger partial charge is 0.289 e. The fourth-order valence-electron chi connectivity index (χ4n) is 3.50. The van der Waals surface area contributed by atoms with E-state index in [0.29, 0.717) is 24.3 Å². The van der Waals surface area contributed by atoms with Gasteiger partial charge in [0.1, 0.15) is 5.76 Å². The van der Waals surface area contributed by atoms with Gasteiger partial charge in [-0.05, 0) is 52.1 Å². The highest BCUT2D eigenvalue weighted by atomic mass is 16.4. The normalized spacial score (nSPS) is 21.0. The number of amides is 1. The second-order valence-corrected chi connectivity index (χ2v) is 7.07. The van der Waals surface area contributed by atoms with Crippen LogP contribution >= 0.6 is 0 Å². The number of aromatic nitrogens is 2. The van der Waals surface area contributed by atoms with Gasteiger partial charge >= 0.3 is 0 Å². The number of hydrogen-bond acceptors (Lipinski definition) is 4. The molecule has 24 heavy (non-hydrogen) atoms. The first-order valence-electron chi connectivity index (χ1n) is 8.40. The molecule has 1 fully saturated rings. The Balaban J connectivity index is 1.69. The maximum absolute atomic E-state index is 12.7. The number of hydrogen-bond donors (Lipinski definition) is 0. The van der Waals surface area contributed by atoms with Crippen molar-refractivity contribution in [2.45, 2.75) is 33.4 Å². The van der Waals surface area contributed by atoms with Gasteiger partial charge in [-0.25, -0.2) is 0 Å². The minimum absolute atomic E-state index is 0.0224. The largest absolute Gasteiger partial charge is 0.454 e. The van der Waals surface area contributed by atoms with Gasteiger partial charge in [0.2, 0.25) is 0 Å². The Morgan fingerprint density at radius 2 is 2.08 bits per heavy atom. The lowest BCUT2D eigenvalue weighted by atomic mass is 10.1. The monoisotopic (exact) mass is 330 g/mol. The predicted molar refractivity (Wildman–Crippen MR) is 92.1 cm³/mol. The number of carbonyl (C=O) groups excluding carboxylic acids is 1. The van der Waals surface area contributed by atoms with Crippen LogP contribution in [0.4, 0.5) is 0 Å². The van der Waals surface area contributed by atoms with Crippen LogP contribution < -0.4 is 0 Å². The number of furan rings is 1. The molecule has 0 bridgehead atoms. The zero-order chi connectivity index (χ0) is 17.4. The molecule has 0 saturated carbocycles. The first-order valence-corrected chi connectivity index (χ1v) is 8.40. The van der Waals surface area contributed by atoms with Gasteiger partial charge in [-0.15, -0.1) is 0 Å². The van der Waals surface area contributed by atoms with E-state index in [1.54, 1.807) is 6.07 Å². The van der Waals surface area contributed by atoms with Crippen molar-refractivity contribution in [2.24, 2.45) is 5.92 Å². The number of carbonyl (C=O) groups is 1. The Morgan fingerprint density at radius 3 is 2.67 bits per heavy atom. The van der Waals surface area contributed by atoms with Gasteiger partial charge in [-0.1, -0.05) is 6.92 Å². The Hall–Kier alpha value is -2.08. The molecule has 1 aliphatic rings. The van der Waals surface area contributed by atoms with Gasteiger partial charge in [-0.2, -0.15) is 5.10 Å². The number of rotatable bonds is 4. The van der Waals surface area contributed by atoms with E-state index >= 15 is 0 Å². The van der Waals surface area contributed by atoms with E-state index < -0.39 is 0 Å². The first kappa shape index (κ1) is 16.8. The van der Waals surface area contributed by atoms with Crippen LogP contribution in [-0.2, 0) is 6.54 Å². The minimum Gasteiger partial charge on any atom is -0.454 e. The van der Waals surface area contributed by atoms with Gasteiger partial charge in [0.25, 0.3) is 5.91 Å². The second kappa shape index (κ2) is 6.43. The van der Waals surface area contributed by atoms with E-state index in [-0.39, 0.29) is 5.91 Å². The summed E-state index contributed by atoms with van der Waals surface area (Å²) in [5.41, 5.74) is 2.06. The molecule has 2 unspecified atom stereocenters. The third-order valence-electron chi connectivity index (χ3n) is 4.80. The highest BCUT2D eigenvalue weighted by Crippen LogP contribution is 2.23. The van der Waals surface area contributed by atoms with Crippen molar-refractivity contribution in [3.05, 3.63) is 41.1 Å². The van der Waals surface area contributed by atoms with Crippen molar-refractivity contribution < 1.29 is 9.21 Å². The summed E-state index contributed by atoms with van der Waals surface area (Å²) in [6.45, 7) is 8.24. The summed E-state index contributed by atoms with van der Waals surface area (Å²) in [6.07, 6.45) is 0. The van der Waals surface area contributed by atoms with Crippen molar-refractivity contribution in [2.75, 3.05) is 27.2 Å². The van der Waals surface area contributed by atoms with Crippen LogP contribution in [0.15, 0.2) is 22.6 Å². The highest BCUT2D eigenvalue weighted by molar-refractivity contribution is 5.91. The van der Waals surface area contributed by atoms with Gasteiger partial charge in [0.05, 0.1) is 12.2 Å². The number of likely N-dealkylation sites (tertiary alicyclic amines) is 1. The molecule has 1 amide bonds. The standard InChI is InChI=1S/C18H26N4O2/c1-12-9-21(11-16(12)20(4)5)18(23)17-7-6-15(24-17)10-22-14(3)8-13(2)19-22/h6-8,12,16H,9-11H2,1-5H3. The van der Waals surface area contributed by atoms with E-state index in [4.69, 9.17) is 4.42 Å². The van der Waals surface area contributed by atoms with Crippen LogP contribution in [0.2, 0.25) is 0 Å². The molecule has 2 aromatic rings. The van der Waals surface area contributed by atoms with Crippen molar-refractivity contribution >= 4 is 5.91 Å². The average molecular weight is 330 g/mol. The summed E-state index contributed by atoms with van der Waals surface area (Å²) < 4.78 is 7.68. The molecule has 130 valence electrons. The Kier molecular flexibility index (Phi) is 4.49. The van der Waals surface area contributed by atoms with E-state index in [9.17, 15) is 4.79 Å². The Labute approximate surface area is 143 Å². The first-order chi connectivity index (χ1) is 11.3. The molecule has 0 radical (unpaired) electrons. The SMILES string of the molecule is Cc1cc(C)n(Cc2ccc(C(=O)N3CC(C)C(N(C)C)C3)o2)n1. The Morgan fingerprint density at radius 1 is 1.33 bits per heavy atom. The van der Waals surface area contributed by atoms with Crippen molar-refractivity contribution in [3.8, 4) is 0 Å².